The molecular formula is C21H28N4. The highest BCUT2D eigenvalue weighted by Crippen LogP contribution is 2.31. The Balaban J connectivity index is 2.07. The van der Waals surface area contributed by atoms with Crippen molar-refractivity contribution in [3.05, 3.63) is 47.0 Å². The van der Waals surface area contributed by atoms with E-state index in [1.807, 2.05) is 0 Å². The number of nitrogens with one attached hydrogen (secondary N) is 1. The standard InChI is InChI=1S/C21H28N4/c1-7-11-24(5)18-10-8-9-17-20(18)25(6)21(22-17)23-19-15(3)12-14(2)13-16(19)4/h8-10,12-13H,7,11H2,1-6H3,(H,22,23). The van der Waals surface area contributed by atoms with Crippen molar-refractivity contribution in [1.82, 2.24) is 9.55 Å². The van der Waals surface area contributed by atoms with Crippen molar-refractivity contribution in [3.63, 3.8) is 0 Å². The van der Waals surface area contributed by atoms with Crippen molar-refractivity contribution in [2.24, 2.45) is 7.05 Å². The van der Waals surface area contributed by atoms with E-state index >= 15 is 0 Å². The maximum Gasteiger partial charge on any atom is 0.208 e. The van der Waals surface area contributed by atoms with Gasteiger partial charge in [-0.25, -0.2) is 4.98 Å². The van der Waals surface area contributed by atoms with E-state index in [1.165, 1.54) is 27.9 Å². The van der Waals surface area contributed by atoms with Crippen molar-refractivity contribution >= 4 is 28.4 Å². The lowest BCUT2D eigenvalue weighted by atomic mass is 10.1. The van der Waals surface area contributed by atoms with E-state index in [9.17, 15) is 0 Å². The fourth-order valence-electron chi connectivity index (χ4n) is 3.61. The van der Waals surface area contributed by atoms with E-state index in [-0.39, 0.29) is 0 Å². The van der Waals surface area contributed by atoms with Gasteiger partial charge in [0.15, 0.2) is 0 Å². The van der Waals surface area contributed by atoms with Gasteiger partial charge in [0.05, 0.1) is 16.7 Å². The molecule has 4 heteroatoms. The number of hydrogen-bond donors (Lipinski definition) is 1. The summed E-state index contributed by atoms with van der Waals surface area (Å²) >= 11 is 0. The Morgan fingerprint density at radius 3 is 2.44 bits per heavy atom. The lowest BCUT2D eigenvalue weighted by Crippen LogP contribution is -2.18. The highest BCUT2D eigenvalue weighted by molar-refractivity contribution is 5.91. The summed E-state index contributed by atoms with van der Waals surface area (Å²) in [5, 5.41) is 3.56. The molecule has 4 nitrogen and oxygen atoms in total. The van der Waals surface area contributed by atoms with Crippen molar-refractivity contribution in [3.8, 4) is 0 Å². The average molecular weight is 336 g/mol. The third kappa shape index (κ3) is 3.21. The first kappa shape index (κ1) is 17.3. The van der Waals surface area contributed by atoms with E-state index in [4.69, 9.17) is 4.98 Å². The molecule has 3 aromatic rings. The van der Waals surface area contributed by atoms with Gasteiger partial charge in [-0.1, -0.05) is 30.7 Å². The summed E-state index contributed by atoms with van der Waals surface area (Å²) in [6, 6.07) is 10.8. The van der Waals surface area contributed by atoms with Crippen molar-refractivity contribution < 1.29 is 0 Å². The molecule has 0 saturated carbocycles. The Labute approximate surface area is 150 Å². The van der Waals surface area contributed by atoms with Crippen LogP contribution in [0.15, 0.2) is 30.3 Å². The molecule has 0 spiro atoms. The number of hydrogen-bond acceptors (Lipinski definition) is 3. The van der Waals surface area contributed by atoms with Gasteiger partial charge in [-0.2, -0.15) is 0 Å². The van der Waals surface area contributed by atoms with Crippen LogP contribution in [0.25, 0.3) is 11.0 Å². The molecule has 0 saturated heterocycles. The van der Waals surface area contributed by atoms with Crippen molar-refractivity contribution in [2.75, 3.05) is 23.8 Å². The number of benzene rings is 2. The van der Waals surface area contributed by atoms with Crippen LogP contribution >= 0.6 is 0 Å². The van der Waals surface area contributed by atoms with Crippen molar-refractivity contribution in [2.45, 2.75) is 34.1 Å². The molecule has 1 N–H and O–H groups in total. The first-order chi connectivity index (χ1) is 11.9. The van der Waals surface area contributed by atoms with Crippen LogP contribution in [0.5, 0.6) is 0 Å². The zero-order valence-electron chi connectivity index (χ0n) is 16.1. The first-order valence-corrected chi connectivity index (χ1v) is 8.93. The molecular weight excluding hydrogens is 308 g/mol. The smallest absolute Gasteiger partial charge is 0.208 e. The predicted octanol–water partition coefficient (Wildman–Crippen LogP) is 5.09. The highest BCUT2D eigenvalue weighted by Gasteiger charge is 2.15. The fourth-order valence-corrected chi connectivity index (χ4v) is 3.61. The number of imidazole rings is 1. The second kappa shape index (κ2) is 6.79. The molecule has 0 unspecified atom stereocenters. The number of para-hydroxylation sites is 1. The van der Waals surface area contributed by atoms with Crippen LogP contribution < -0.4 is 10.2 Å². The maximum atomic E-state index is 4.84. The Morgan fingerprint density at radius 2 is 1.80 bits per heavy atom. The van der Waals surface area contributed by atoms with Gasteiger partial charge in [-0.3, -0.25) is 0 Å². The summed E-state index contributed by atoms with van der Waals surface area (Å²) in [6.07, 6.45) is 1.12. The van der Waals surface area contributed by atoms with Gasteiger partial charge in [-0.15, -0.1) is 0 Å². The Hall–Kier alpha value is -2.49. The lowest BCUT2D eigenvalue weighted by molar-refractivity contribution is 0.850. The highest BCUT2D eigenvalue weighted by atomic mass is 15.2. The van der Waals surface area contributed by atoms with Crippen LogP contribution in [0.1, 0.15) is 30.0 Å². The topological polar surface area (TPSA) is 33.1 Å². The normalized spacial score (nSPS) is 11.1. The summed E-state index contributed by atoms with van der Waals surface area (Å²) < 4.78 is 2.16. The minimum absolute atomic E-state index is 0.877. The molecule has 0 amide bonds. The van der Waals surface area contributed by atoms with Gasteiger partial charge in [0.25, 0.3) is 0 Å². The number of nitrogens with zero attached hydrogens (tertiary/aromatic N) is 3. The monoisotopic (exact) mass is 336 g/mol. The molecule has 0 fully saturated rings. The molecule has 2 aromatic carbocycles. The number of anilines is 3. The van der Waals surface area contributed by atoms with Crippen LogP contribution in [0, 0.1) is 20.8 Å². The summed E-state index contributed by atoms with van der Waals surface area (Å²) in [5.41, 5.74) is 8.33. The summed E-state index contributed by atoms with van der Waals surface area (Å²) in [4.78, 5) is 7.14. The zero-order valence-corrected chi connectivity index (χ0v) is 16.1. The van der Waals surface area contributed by atoms with Gasteiger partial charge < -0.3 is 14.8 Å². The van der Waals surface area contributed by atoms with E-state index in [2.05, 4.69) is 86.9 Å². The molecule has 1 aromatic heterocycles. The quantitative estimate of drug-likeness (QED) is 0.704. The largest absolute Gasteiger partial charge is 0.373 e. The molecule has 0 aliphatic carbocycles. The maximum absolute atomic E-state index is 4.84. The van der Waals surface area contributed by atoms with E-state index in [1.54, 1.807) is 0 Å². The minimum Gasteiger partial charge on any atom is -0.373 e. The summed E-state index contributed by atoms with van der Waals surface area (Å²) in [5.74, 6) is 0.877. The van der Waals surface area contributed by atoms with Crippen LogP contribution in [-0.4, -0.2) is 23.1 Å². The van der Waals surface area contributed by atoms with Crippen LogP contribution in [-0.2, 0) is 7.05 Å². The SMILES string of the molecule is CCCN(C)c1cccc2nc(Nc3c(C)cc(C)cc3C)n(C)c12. The van der Waals surface area contributed by atoms with Crippen LogP contribution in [0.4, 0.5) is 17.3 Å². The number of rotatable bonds is 5. The zero-order chi connectivity index (χ0) is 18.1. The molecule has 0 aliphatic heterocycles. The van der Waals surface area contributed by atoms with Gasteiger partial charge >= 0.3 is 0 Å². The molecule has 0 atom stereocenters. The Bertz CT molecular complexity index is 885. The fraction of sp³-hybridized carbons (Fsp3) is 0.381. The third-order valence-electron chi connectivity index (χ3n) is 4.76. The third-order valence-corrected chi connectivity index (χ3v) is 4.76. The molecule has 0 radical (unpaired) electrons. The van der Waals surface area contributed by atoms with E-state index in [0.717, 1.165) is 30.1 Å². The molecule has 1 heterocycles. The second-order valence-electron chi connectivity index (χ2n) is 6.96. The Morgan fingerprint density at radius 1 is 1.12 bits per heavy atom. The average Bonchev–Trinajstić information content (AvgIpc) is 2.87. The van der Waals surface area contributed by atoms with Gasteiger partial charge in [0.2, 0.25) is 5.95 Å². The van der Waals surface area contributed by atoms with Crippen LogP contribution in [0.2, 0.25) is 0 Å². The Kier molecular flexibility index (Phi) is 4.71. The molecule has 0 bridgehead atoms. The van der Waals surface area contributed by atoms with Crippen molar-refractivity contribution in [1.29, 1.82) is 0 Å². The van der Waals surface area contributed by atoms with Gasteiger partial charge in [-0.05, 0) is 50.5 Å². The summed E-state index contributed by atoms with van der Waals surface area (Å²) in [7, 11) is 4.23. The van der Waals surface area contributed by atoms with E-state index in [0.29, 0.717) is 0 Å². The second-order valence-corrected chi connectivity index (χ2v) is 6.96. The predicted molar refractivity (Wildman–Crippen MR) is 108 cm³/mol. The number of aromatic nitrogens is 2. The number of fused-ring (bicyclic) bond motifs is 1. The minimum atomic E-state index is 0.877. The molecule has 25 heavy (non-hydrogen) atoms. The molecule has 132 valence electrons. The van der Waals surface area contributed by atoms with E-state index < -0.39 is 0 Å². The van der Waals surface area contributed by atoms with Gasteiger partial charge in [0.1, 0.15) is 0 Å². The lowest BCUT2D eigenvalue weighted by Gasteiger charge is -2.20. The molecule has 0 aliphatic rings. The molecule has 3 rings (SSSR count). The van der Waals surface area contributed by atoms with Crippen LogP contribution in [0.3, 0.4) is 0 Å². The summed E-state index contributed by atoms with van der Waals surface area (Å²) in [6.45, 7) is 9.66. The van der Waals surface area contributed by atoms with Gasteiger partial charge in [0, 0.05) is 26.3 Å². The first-order valence-electron chi connectivity index (χ1n) is 8.93. The number of aryl methyl sites for hydroxylation is 4.